The number of carboxylic acid groups (broad SMARTS) is 1. The highest BCUT2D eigenvalue weighted by Crippen LogP contribution is 2.24. The van der Waals surface area contributed by atoms with Crippen LogP contribution in [0.25, 0.3) is 0 Å². The number of ketones is 1. The first kappa shape index (κ1) is 10.7. The maximum Gasteiger partial charge on any atom is 0.324 e. The van der Waals surface area contributed by atoms with Crippen molar-refractivity contribution in [3.05, 3.63) is 11.3 Å². The third-order valence-electron chi connectivity index (χ3n) is 2.24. The minimum Gasteiger partial charge on any atom is -0.493 e. The molecule has 1 unspecified atom stereocenters. The van der Waals surface area contributed by atoms with Gasteiger partial charge in [-0.1, -0.05) is 0 Å². The molecule has 0 saturated heterocycles. The van der Waals surface area contributed by atoms with Crippen LogP contribution in [0, 0.1) is 0 Å². The third kappa shape index (κ3) is 1.93. The molecule has 0 radical (unpaired) electrons. The summed E-state index contributed by atoms with van der Waals surface area (Å²) in [5.74, 6) is -1.17. The standard InChI is InChI=1S/C9H13NO4/c1-14-8-5(7(10)9(12)13)3-2-4-6(8)11/h7H,2-4,10H2,1H3,(H,12,13). The molecule has 0 saturated carbocycles. The van der Waals surface area contributed by atoms with E-state index in [2.05, 4.69) is 0 Å². The van der Waals surface area contributed by atoms with Crippen LogP contribution in [0.2, 0.25) is 0 Å². The van der Waals surface area contributed by atoms with Gasteiger partial charge in [0.25, 0.3) is 0 Å². The first-order valence-electron chi connectivity index (χ1n) is 4.36. The highest BCUT2D eigenvalue weighted by atomic mass is 16.5. The van der Waals surface area contributed by atoms with Gasteiger partial charge in [-0.15, -0.1) is 0 Å². The van der Waals surface area contributed by atoms with E-state index in [0.29, 0.717) is 24.8 Å². The molecule has 0 aliphatic heterocycles. The zero-order valence-corrected chi connectivity index (χ0v) is 7.95. The van der Waals surface area contributed by atoms with Gasteiger partial charge in [-0.05, 0) is 12.8 Å². The molecule has 1 atom stereocenters. The number of allylic oxidation sites excluding steroid dienone is 1. The molecule has 0 fully saturated rings. The number of carbonyl (C=O) groups is 2. The molecule has 5 nitrogen and oxygen atoms in total. The van der Waals surface area contributed by atoms with Crippen LogP contribution in [-0.2, 0) is 14.3 Å². The summed E-state index contributed by atoms with van der Waals surface area (Å²) in [5.41, 5.74) is 5.83. The predicted molar refractivity (Wildman–Crippen MR) is 48.5 cm³/mol. The second kappa shape index (κ2) is 4.23. The van der Waals surface area contributed by atoms with Crippen molar-refractivity contribution in [2.45, 2.75) is 25.3 Å². The van der Waals surface area contributed by atoms with Crippen LogP contribution in [0.4, 0.5) is 0 Å². The van der Waals surface area contributed by atoms with Crippen LogP contribution < -0.4 is 5.73 Å². The lowest BCUT2D eigenvalue weighted by atomic mass is 9.92. The van der Waals surface area contributed by atoms with Crippen molar-refractivity contribution in [3.8, 4) is 0 Å². The van der Waals surface area contributed by atoms with E-state index >= 15 is 0 Å². The van der Waals surface area contributed by atoms with Crippen LogP contribution in [-0.4, -0.2) is 30.0 Å². The predicted octanol–water partition coefficient (Wildman–Crippen LogP) is 0.0518. The summed E-state index contributed by atoms with van der Waals surface area (Å²) in [4.78, 5) is 22.0. The van der Waals surface area contributed by atoms with E-state index in [0.717, 1.165) is 0 Å². The third-order valence-corrected chi connectivity index (χ3v) is 2.24. The molecule has 0 bridgehead atoms. The molecule has 3 N–H and O–H groups in total. The molecule has 0 amide bonds. The molecule has 1 aliphatic rings. The summed E-state index contributed by atoms with van der Waals surface area (Å²) in [5, 5.41) is 8.71. The number of methoxy groups -OCH3 is 1. The zero-order chi connectivity index (χ0) is 10.7. The van der Waals surface area contributed by atoms with E-state index in [1.165, 1.54) is 7.11 Å². The Bertz CT molecular complexity index is 295. The van der Waals surface area contributed by atoms with Crippen LogP contribution >= 0.6 is 0 Å². The molecular weight excluding hydrogens is 186 g/mol. The van der Waals surface area contributed by atoms with E-state index in [1.54, 1.807) is 0 Å². The van der Waals surface area contributed by atoms with E-state index < -0.39 is 12.0 Å². The van der Waals surface area contributed by atoms with Crippen LogP contribution in [0.15, 0.2) is 11.3 Å². The number of rotatable bonds is 3. The lowest BCUT2D eigenvalue weighted by molar-refractivity contribution is -0.137. The molecular formula is C9H13NO4. The van der Waals surface area contributed by atoms with Crippen molar-refractivity contribution in [2.24, 2.45) is 5.73 Å². The molecule has 1 rings (SSSR count). The number of ether oxygens (including phenoxy) is 1. The van der Waals surface area contributed by atoms with Gasteiger partial charge in [0.05, 0.1) is 7.11 Å². The van der Waals surface area contributed by atoms with E-state index in [9.17, 15) is 9.59 Å². The summed E-state index contributed by atoms with van der Waals surface area (Å²) < 4.78 is 4.87. The Kier molecular flexibility index (Phi) is 3.24. The smallest absolute Gasteiger partial charge is 0.324 e. The minimum absolute atomic E-state index is 0.131. The van der Waals surface area contributed by atoms with Gasteiger partial charge in [0, 0.05) is 12.0 Å². The van der Waals surface area contributed by atoms with Crippen molar-refractivity contribution >= 4 is 11.8 Å². The number of aliphatic carboxylic acids is 1. The number of hydrogen-bond donors (Lipinski definition) is 2. The summed E-state index contributed by atoms with van der Waals surface area (Å²) in [7, 11) is 1.35. The average molecular weight is 199 g/mol. The topological polar surface area (TPSA) is 89.6 Å². The van der Waals surface area contributed by atoms with E-state index in [4.69, 9.17) is 15.6 Å². The molecule has 1 aliphatic carbocycles. The highest BCUT2D eigenvalue weighted by Gasteiger charge is 2.28. The Morgan fingerprint density at radius 1 is 1.57 bits per heavy atom. The Morgan fingerprint density at radius 3 is 2.71 bits per heavy atom. The normalized spacial score (nSPS) is 19.4. The number of Topliss-reactive ketones (excluding diaryl/α,β-unsaturated/α-hetero) is 1. The van der Waals surface area contributed by atoms with Gasteiger partial charge in [0.1, 0.15) is 6.04 Å². The first-order valence-corrected chi connectivity index (χ1v) is 4.36. The summed E-state index contributed by atoms with van der Waals surface area (Å²) in [6.07, 6.45) is 1.56. The molecule has 0 heterocycles. The highest BCUT2D eigenvalue weighted by molar-refractivity contribution is 5.96. The monoisotopic (exact) mass is 199 g/mol. The average Bonchev–Trinajstić information content (AvgIpc) is 2.16. The van der Waals surface area contributed by atoms with Gasteiger partial charge >= 0.3 is 5.97 Å². The maximum absolute atomic E-state index is 11.3. The SMILES string of the molecule is COC1=C(C(N)C(=O)O)CCCC1=O. The fourth-order valence-electron chi connectivity index (χ4n) is 1.54. The lowest BCUT2D eigenvalue weighted by Crippen LogP contribution is -2.35. The number of nitrogens with two attached hydrogens (primary N) is 1. The molecule has 0 aromatic rings. The van der Waals surface area contributed by atoms with E-state index in [1.807, 2.05) is 0 Å². The fraction of sp³-hybridized carbons (Fsp3) is 0.556. The van der Waals surface area contributed by atoms with Crippen molar-refractivity contribution in [1.82, 2.24) is 0 Å². The minimum atomic E-state index is -1.13. The Morgan fingerprint density at radius 2 is 2.21 bits per heavy atom. The fourth-order valence-corrected chi connectivity index (χ4v) is 1.54. The molecule has 0 spiro atoms. The summed E-state index contributed by atoms with van der Waals surface area (Å²) in [6.45, 7) is 0. The van der Waals surface area contributed by atoms with Crippen molar-refractivity contribution < 1.29 is 19.4 Å². The quantitative estimate of drug-likeness (QED) is 0.670. The van der Waals surface area contributed by atoms with Gasteiger partial charge in [-0.2, -0.15) is 0 Å². The Labute approximate surface area is 81.5 Å². The molecule has 5 heteroatoms. The maximum atomic E-state index is 11.3. The molecule has 0 aromatic carbocycles. The number of carboxylic acids is 1. The van der Waals surface area contributed by atoms with Gasteiger partial charge in [-0.3, -0.25) is 9.59 Å². The largest absolute Gasteiger partial charge is 0.493 e. The van der Waals surface area contributed by atoms with Gasteiger partial charge < -0.3 is 15.6 Å². The van der Waals surface area contributed by atoms with Crippen LogP contribution in [0.5, 0.6) is 0 Å². The van der Waals surface area contributed by atoms with Gasteiger partial charge in [0.2, 0.25) is 0 Å². The van der Waals surface area contributed by atoms with Crippen molar-refractivity contribution in [1.29, 1.82) is 0 Å². The second-order valence-electron chi connectivity index (χ2n) is 3.15. The second-order valence-corrected chi connectivity index (χ2v) is 3.15. The van der Waals surface area contributed by atoms with Crippen molar-refractivity contribution in [3.63, 3.8) is 0 Å². The molecule has 14 heavy (non-hydrogen) atoms. The van der Waals surface area contributed by atoms with Crippen molar-refractivity contribution in [2.75, 3.05) is 7.11 Å². The zero-order valence-electron chi connectivity index (χ0n) is 7.95. The van der Waals surface area contributed by atoms with Gasteiger partial charge in [-0.25, -0.2) is 0 Å². The molecule has 0 aromatic heterocycles. The molecule has 78 valence electrons. The lowest BCUT2D eigenvalue weighted by Gasteiger charge is -2.20. The summed E-state index contributed by atoms with van der Waals surface area (Å²) >= 11 is 0. The van der Waals surface area contributed by atoms with Crippen LogP contribution in [0.3, 0.4) is 0 Å². The Hall–Kier alpha value is -1.36. The van der Waals surface area contributed by atoms with Crippen LogP contribution in [0.1, 0.15) is 19.3 Å². The first-order chi connectivity index (χ1) is 6.57. The number of hydrogen-bond acceptors (Lipinski definition) is 4. The number of carbonyl (C=O) groups excluding carboxylic acids is 1. The van der Waals surface area contributed by atoms with Gasteiger partial charge in [0.15, 0.2) is 11.5 Å². The van der Waals surface area contributed by atoms with E-state index in [-0.39, 0.29) is 11.5 Å². The summed E-state index contributed by atoms with van der Waals surface area (Å²) in [6, 6.07) is -1.13. The Balaban J connectivity index is 3.02.